The van der Waals surface area contributed by atoms with E-state index in [1.54, 1.807) is 12.1 Å². The van der Waals surface area contributed by atoms with Crippen molar-refractivity contribution in [3.8, 4) is 12.1 Å². The Balaban J connectivity index is 2.11. The summed E-state index contributed by atoms with van der Waals surface area (Å²) in [6, 6.07) is 7.70. The summed E-state index contributed by atoms with van der Waals surface area (Å²) >= 11 is 0. The number of hydrogen-bond acceptors (Lipinski definition) is 6. The highest BCUT2D eigenvalue weighted by molar-refractivity contribution is 6.67. The molecule has 146 valence electrons. The molecular weight excluding hydrogens is 354 g/mol. The summed E-state index contributed by atoms with van der Waals surface area (Å²) in [5, 5.41) is 19.5. The Morgan fingerprint density at radius 2 is 0.964 bits per heavy atom. The third-order valence-corrected chi connectivity index (χ3v) is 6.45. The molecule has 2 heterocycles. The second-order valence-electron chi connectivity index (χ2n) is 9.43. The largest absolute Gasteiger partial charge is 0.496 e. The highest BCUT2D eigenvalue weighted by Crippen LogP contribution is 2.38. The van der Waals surface area contributed by atoms with Gasteiger partial charge in [0.1, 0.15) is 0 Å². The molecule has 0 unspecified atom stereocenters. The van der Waals surface area contributed by atoms with Crippen LogP contribution < -0.4 is 10.9 Å². The van der Waals surface area contributed by atoms with Crippen molar-refractivity contribution in [3.05, 3.63) is 23.3 Å². The molecule has 2 saturated heterocycles. The number of benzene rings is 1. The predicted molar refractivity (Wildman–Crippen MR) is 107 cm³/mol. The van der Waals surface area contributed by atoms with Crippen molar-refractivity contribution in [3.63, 3.8) is 0 Å². The molecule has 2 aliphatic rings. The van der Waals surface area contributed by atoms with Gasteiger partial charge in [0, 0.05) is 10.9 Å². The van der Waals surface area contributed by atoms with Gasteiger partial charge in [-0.1, -0.05) is 0 Å². The molecule has 28 heavy (non-hydrogen) atoms. The quantitative estimate of drug-likeness (QED) is 0.731. The van der Waals surface area contributed by atoms with Crippen LogP contribution in [0, 0.1) is 22.7 Å². The Bertz CT molecular complexity index is 807. The average Bonchev–Trinajstić information content (AvgIpc) is 2.93. The van der Waals surface area contributed by atoms with Gasteiger partial charge in [0.15, 0.2) is 0 Å². The van der Waals surface area contributed by atoms with E-state index in [-0.39, 0.29) is 0 Å². The SMILES string of the molecule is CC1(C)OB(c2cc(C#N)cc(B3OC(C)(C)C(C)(C)O3)c2C#N)OC1(C)C. The molecule has 0 aromatic heterocycles. The number of rotatable bonds is 2. The summed E-state index contributed by atoms with van der Waals surface area (Å²) in [6.07, 6.45) is 0. The van der Waals surface area contributed by atoms with Gasteiger partial charge >= 0.3 is 14.2 Å². The second kappa shape index (κ2) is 6.34. The number of hydrogen-bond donors (Lipinski definition) is 0. The van der Waals surface area contributed by atoms with Gasteiger partial charge in [-0.05, 0) is 67.5 Å². The Morgan fingerprint density at radius 1 is 0.643 bits per heavy atom. The van der Waals surface area contributed by atoms with Crippen LogP contribution in [0.5, 0.6) is 0 Å². The minimum Gasteiger partial charge on any atom is -0.399 e. The normalized spacial score (nSPS) is 24.1. The van der Waals surface area contributed by atoms with Crippen LogP contribution in [0.3, 0.4) is 0 Å². The lowest BCUT2D eigenvalue weighted by Crippen LogP contribution is -2.45. The molecule has 0 saturated carbocycles. The Hall–Kier alpha value is -1.83. The van der Waals surface area contributed by atoms with Crippen LogP contribution in [-0.4, -0.2) is 36.6 Å². The van der Waals surface area contributed by atoms with E-state index in [9.17, 15) is 10.5 Å². The molecule has 0 amide bonds. The number of nitrogens with zero attached hydrogens (tertiary/aromatic N) is 2. The van der Waals surface area contributed by atoms with Crippen molar-refractivity contribution >= 4 is 25.2 Å². The first-order valence-corrected chi connectivity index (χ1v) is 9.44. The summed E-state index contributed by atoms with van der Waals surface area (Å²) in [5.74, 6) is 0. The van der Waals surface area contributed by atoms with Crippen LogP contribution in [0.15, 0.2) is 12.1 Å². The molecule has 0 aliphatic carbocycles. The molecule has 2 aliphatic heterocycles. The zero-order chi connectivity index (χ0) is 21.1. The third-order valence-electron chi connectivity index (χ3n) is 6.45. The number of nitriles is 2. The van der Waals surface area contributed by atoms with Crippen LogP contribution in [0.4, 0.5) is 0 Å². The Morgan fingerprint density at radius 3 is 1.21 bits per heavy atom. The lowest BCUT2D eigenvalue weighted by Gasteiger charge is -2.32. The van der Waals surface area contributed by atoms with E-state index in [0.717, 1.165) is 0 Å². The van der Waals surface area contributed by atoms with Crippen molar-refractivity contribution < 1.29 is 18.6 Å². The van der Waals surface area contributed by atoms with Crippen molar-refractivity contribution in [1.29, 1.82) is 10.5 Å². The van der Waals surface area contributed by atoms with Crippen LogP contribution in [-0.2, 0) is 18.6 Å². The van der Waals surface area contributed by atoms with E-state index < -0.39 is 36.6 Å². The van der Waals surface area contributed by atoms with Crippen LogP contribution in [0.1, 0.15) is 66.5 Å². The predicted octanol–water partition coefficient (Wildman–Crippen LogP) is 2.03. The monoisotopic (exact) mass is 380 g/mol. The molecule has 0 bridgehead atoms. The molecule has 6 nitrogen and oxygen atoms in total. The molecule has 1 aromatic carbocycles. The fourth-order valence-corrected chi connectivity index (χ4v) is 3.19. The van der Waals surface area contributed by atoms with Gasteiger partial charge in [0.25, 0.3) is 0 Å². The minimum atomic E-state index is -0.755. The molecule has 0 atom stereocenters. The van der Waals surface area contributed by atoms with Gasteiger partial charge in [0.2, 0.25) is 0 Å². The first kappa shape index (κ1) is 20.9. The fraction of sp³-hybridized carbons (Fsp3) is 0.600. The molecular formula is C20H26B2N2O4. The van der Waals surface area contributed by atoms with Crippen molar-refractivity contribution in [2.45, 2.75) is 77.8 Å². The standard InChI is InChI=1S/C20H26B2N2O4/c1-17(2)18(3,4)26-21(25-17)15-9-13(11-23)10-16(14(15)12-24)22-27-19(5,6)20(7,8)28-22/h9-10H,1-8H3. The molecule has 3 rings (SSSR count). The molecule has 8 heteroatoms. The smallest absolute Gasteiger partial charge is 0.399 e. The zero-order valence-corrected chi connectivity index (χ0v) is 17.8. The van der Waals surface area contributed by atoms with Crippen molar-refractivity contribution in [1.82, 2.24) is 0 Å². The van der Waals surface area contributed by atoms with Crippen LogP contribution in [0.2, 0.25) is 0 Å². The minimum absolute atomic E-state index is 0.357. The maximum atomic E-state index is 9.95. The summed E-state index contributed by atoms with van der Waals surface area (Å²) in [7, 11) is -1.51. The summed E-state index contributed by atoms with van der Waals surface area (Å²) in [6.45, 7) is 15.6. The maximum Gasteiger partial charge on any atom is 0.496 e. The maximum absolute atomic E-state index is 9.95. The first-order valence-electron chi connectivity index (χ1n) is 9.44. The van der Waals surface area contributed by atoms with E-state index in [4.69, 9.17) is 18.6 Å². The van der Waals surface area contributed by atoms with E-state index in [1.807, 2.05) is 55.4 Å². The van der Waals surface area contributed by atoms with E-state index in [0.29, 0.717) is 22.1 Å². The lowest BCUT2D eigenvalue weighted by molar-refractivity contribution is 0.00578. The molecule has 0 radical (unpaired) electrons. The zero-order valence-electron chi connectivity index (χ0n) is 17.8. The topological polar surface area (TPSA) is 84.5 Å². The highest BCUT2D eigenvalue weighted by atomic mass is 16.7. The average molecular weight is 380 g/mol. The van der Waals surface area contributed by atoms with E-state index in [2.05, 4.69) is 12.1 Å². The Kier molecular flexibility index (Phi) is 4.73. The van der Waals surface area contributed by atoms with Crippen LogP contribution >= 0.6 is 0 Å². The Labute approximate surface area is 168 Å². The van der Waals surface area contributed by atoms with Crippen molar-refractivity contribution in [2.24, 2.45) is 0 Å². The first-order chi connectivity index (χ1) is 12.7. The van der Waals surface area contributed by atoms with Gasteiger partial charge in [-0.15, -0.1) is 0 Å². The highest BCUT2D eigenvalue weighted by Gasteiger charge is 2.55. The van der Waals surface area contributed by atoms with Gasteiger partial charge in [0.05, 0.1) is 45.7 Å². The summed E-state index contributed by atoms with van der Waals surface area (Å²) in [4.78, 5) is 0. The van der Waals surface area contributed by atoms with Gasteiger partial charge in [-0.3, -0.25) is 0 Å². The lowest BCUT2D eigenvalue weighted by atomic mass is 9.67. The second-order valence-corrected chi connectivity index (χ2v) is 9.43. The van der Waals surface area contributed by atoms with E-state index in [1.165, 1.54) is 0 Å². The summed E-state index contributed by atoms with van der Waals surface area (Å²) in [5.41, 5.74) is -0.441. The molecule has 1 aromatic rings. The van der Waals surface area contributed by atoms with Crippen LogP contribution in [0.25, 0.3) is 0 Å². The molecule has 0 N–H and O–H groups in total. The van der Waals surface area contributed by atoms with Gasteiger partial charge in [-0.25, -0.2) is 0 Å². The molecule has 0 spiro atoms. The summed E-state index contributed by atoms with van der Waals surface area (Å²) < 4.78 is 24.5. The van der Waals surface area contributed by atoms with Crippen molar-refractivity contribution in [2.75, 3.05) is 0 Å². The fourth-order valence-electron chi connectivity index (χ4n) is 3.19. The molecule has 2 fully saturated rings. The van der Waals surface area contributed by atoms with Gasteiger partial charge in [-0.2, -0.15) is 10.5 Å². The third kappa shape index (κ3) is 3.15. The van der Waals surface area contributed by atoms with Gasteiger partial charge < -0.3 is 18.6 Å². The van der Waals surface area contributed by atoms with E-state index >= 15 is 0 Å².